The number of likely N-dealkylation sites (tertiary alicyclic amines) is 1. The predicted molar refractivity (Wildman–Crippen MR) is 217 cm³/mol. The molecule has 19 nitrogen and oxygen atoms in total. The molecular formula is C40H37ClN10O9. The van der Waals surface area contributed by atoms with Gasteiger partial charge in [0.25, 0.3) is 17.5 Å². The topological polar surface area (TPSA) is 238 Å². The van der Waals surface area contributed by atoms with Crippen molar-refractivity contribution in [2.24, 2.45) is 0 Å². The number of nitro groups is 1. The number of hydrogen-bond donors (Lipinski definition) is 4. The Balaban J connectivity index is 0.000000166. The number of nitrogens with one attached hydrogen (secondary N) is 4. The molecule has 0 radical (unpaired) electrons. The zero-order chi connectivity index (χ0) is 42.9. The van der Waals surface area contributed by atoms with E-state index in [2.05, 4.69) is 41.9 Å². The highest BCUT2D eigenvalue weighted by Gasteiger charge is 2.54. The zero-order valence-corrected chi connectivity index (χ0v) is 32.5. The smallest absolute Gasteiger partial charge is 0.409 e. The predicted octanol–water partition coefficient (Wildman–Crippen LogP) is 4.78. The number of nitrogens with zero attached hydrogens (tertiary/aromatic N) is 6. The Hall–Kier alpha value is -7.43. The average Bonchev–Trinajstić information content (AvgIpc) is 3.63. The van der Waals surface area contributed by atoms with Crippen molar-refractivity contribution in [1.82, 2.24) is 30.8 Å². The van der Waals surface area contributed by atoms with Crippen LogP contribution in [0.2, 0.25) is 0 Å². The molecule has 4 fully saturated rings. The number of anilines is 3. The number of amides is 8. The molecule has 4 N–H and O–H groups in total. The van der Waals surface area contributed by atoms with Gasteiger partial charge in [-0.15, -0.1) is 6.42 Å². The van der Waals surface area contributed by atoms with Crippen LogP contribution in [0.5, 0.6) is 5.75 Å². The second-order valence-electron chi connectivity index (χ2n) is 13.7. The van der Waals surface area contributed by atoms with Gasteiger partial charge in [0.15, 0.2) is 0 Å². The number of carbonyl (C=O) groups is 6. The van der Waals surface area contributed by atoms with Gasteiger partial charge in [-0.2, -0.15) is 0 Å². The maximum atomic E-state index is 13.0. The summed E-state index contributed by atoms with van der Waals surface area (Å²) in [4.78, 5) is 94.2. The fourth-order valence-corrected chi connectivity index (χ4v) is 7.03. The number of terminal acetylenes is 1. The van der Waals surface area contributed by atoms with Crippen LogP contribution in [-0.4, -0.2) is 92.4 Å². The molecule has 0 unspecified atom stereocenters. The van der Waals surface area contributed by atoms with Gasteiger partial charge in [0, 0.05) is 72.9 Å². The lowest BCUT2D eigenvalue weighted by Gasteiger charge is -2.37. The molecule has 0 saturated carbocycles. The molecule has 0 atom stereocenters. The number of hydrogen-bond acceptors (Lipinski definition) is 12. The lowest BCUT2D eigenvalue weighted by atomic mass is 9.87. The summed E-state index contributed by atoms with van der Waals surface area (Å²) in [5, 5.41) is 21.9. The molecule has 6 heterocycles. The number of non-ortho nitro benzene ring substituents is 1. The first kappa shape index (κ1) is 42.2. The molecular weight excluding hydrogens is 800 g/mol. The molecule has 8 rings (SSSR count). The van der Waals surface area contributed by atoms with Crippen molar-refractivity contribution < 1.29 is 38.4 Å². The van der Waals surface area contributed by atoms with Gasteiger partial charge in [0.05, 0.1) is 16.3 Å². The van der Waals surface area contributed by atoms with Crippen molar-refractivity contribution in [3.05, 3.63) is 113 Å². The van der Waals surface area contributed by atoms with Crippen LogP contribution in [0.3, 0.4) is 0 Å². The van der Waals surface area contributed by atoms with Crippen molar-refractivity contribution in [1.29, 1.82) is 0 Å². The Kier molecular flexibility index (Phi) is 13.0. The van der Waals surface area contributed by atoms with E-state index in [1.54, 1.807) is 65.8 Å². The molecule has 0 aliphatic carbocycles. The number of benzene rings is 2. The third-order valence-electron chi connectivity index (χ3n) is 10.1. The van der Waals surface area contributed by atoms with Gasteiger partial charge in [-0.25, -0.2) is 29.0 Å². The minimum absolute atomic E-state index is 0.0747. The minimum Gasteiger partial charge on any atom is -0.414 e. The summed E-state index contributed by atoms with van der Waals surface area (Å²) in [6.45, 7) is 2.18. The maximum absolute atomic E-state index is 13.0. The van der Waals surface area contributed by atoms with E-state index in [9.17, 15) is 38.9 Å². The largest absolute Gasteiger partial charge is 0.414 e. The first-order valence-corrected chi connectivity index (χ1v) is 18.8. The highest BCUT2D eigenvalue weighted by molar-refractivity contribution is 6.61. The lowest BCUT2D eigenvalue weighted by Crippen LogP contribution is -2.56. The van der Waals surface area contributed by atoms with Crippen LogP contribution < -0.4 is 35.8 Å². The second-order valence-corrected chi connectivity index (χ2v) is 14.0. The van der Waals surface area contributed by atoms with E-state index in [4.69, 9.17) is 18.0 Å². The number of carbonyl (C=O) groups excluding carboxylic acids is 6. The number of rotatable bonds is 5. The van der Waals surface area contributed by atoms with Crippen molar-refractivity contribution in [2.75, 3.05) is 41.3 Å². The molecule has 8 amide bonds. The van der Waals surface area contributed by atoms with Crippen molar-refractivity contribution in [3.63, 3.8) is 0 Å². The fourth-order valence-electron chi connectivity index (χ4n) is 6.94. The molecule has 4 aliphatic rings. The van der Waals surface area contributed by atoms with Gasteiger partial charge >= 0.3 is 23.5 Å². The Labute approximate surface area is 347 Å². The van der Waals surface area contributed by atoms with Crippen LogP contribution in [-0.2, 0) is 9.59 Å². The van der Waals surface area contributed by atoms with Gasteiger partial charge in [-0.1, -0.05) is 12.0 Å². The number of piperidine rings is 2. The van der Waals surface area contributed by atoms with Crippen LogP contribution >= 0.6 is 11.6 Å². The monoisotopic (exact) mass is 836 g/mol. The Bertz CT molecular complexity index is 2310. The Morgan fingerprint density at radius 2 is 1.32 bits per heavy atom. The fraction of sp³-hybridized carbons (Fsp3) is 0.250. The Morgan fingerprint density at radius 3 is 1.80 bits per heavy atom. The molecule has 60 heavy (non-hydrogen) atoms. The van der Waals surface area contributed by atoms with Crippen LogP contribution in [0.15, 0.2) is 97.6 Å². The number of urea groups is 3. The van der Waals surface area contributed by atoms with Gasteiger partial charge in [-0.3, -0.25) is 29.7 Å². The summed E-state index contributed by atoms with van der Waals surface area (Å²) in [5.74, 6) is 2.25. The van der Waals surface area contributed by atoms with E-state index >= 15 is 0 Å². The molecule has 20 heteroatoms. The van der Waals surface area contributed by atoms with Crippen molar-refractivity contribution >= 4 is 69.7 Å². The number of ether oxygens (including phenoxy) is 1. The first-order chi connectivity index (χ1) is 28.8. The number of aromatic nitrogens is 2. The molecule has 0 bridgehead atoms. The Morgan fingerprint density at radius 1 is 0.800 bits per heavy atom. The molecule has 4 aliphatic heterocycles. The lowest BCUT2D eigenvalue weighted by molar-refractivity contribution is -0.384. The normalized spacial score (nSPS) is 17.3. The van der Waals surface area contributed by atoms with Crippen LogP contribution in [0.1, 0.15) is 31.2 Å². The maximum Gasteiger partial charge on any atom is 0.409 e. The summed E-state index contributed by atoms with van der Waals surface area (Å²) in [5.41, 5.74) is -0.415. The number of imide groups is 2. The first-order valence-electron chi connectivity index (χ1n) is 18.4. The summed E-state index contributed by atoms with van der Waals surface area (Å²) in [6.07, 6.45) is 13.6. The number of halogens is 1. The van der Waals surface area contributed by atoms with Gasteiger partial charge in [-0.05, 0) is 93.4 Å². The summed E-state index contributed by atoms with van der Waals surface area (Å²) < 4.78 is 4.45. The number of pyridine rings is 2. The van der Waals surface area contributed by atoms with Crippen LogP contribution in [0.25, 0.3) is 0 Å². The highest BCUT2D eigenvalue weighted by atomic mass is 35.5. The van der Waals surface area contributed by atoms with Gasteiger partial charge in [0.2, 0.25) is 0 Å². The zero-order valence-electron chi connectivity index (χ0n) is 31.7. The van der Waals surface area contributed by atoms with Gasteiger partial charge < -0.3 is 30.9 Å². The van der Waals surface area contributed by atoms with Crippen LogP contribution in [0, 0.1) is 22.5 Å². The van der Waals surface area contributed by atoms with Gasteiger partial charge in [0.1, 0.15) is 16.8 Å². The standard InChI is InChI=1S/C21H19N5O3.C12H14N4O2.C7H4ClNO4/c1-2-15-4-3-5-16(14-15)23-19(28)25-12-8-21(9-13-25)18(27)26(20(29)24-21)17-6-10-22-11-7-17;17-10-12(3-7-14-8-4-12)15-11(18)16(10)9-1-5-13-6-2-9;8-7(10)13-6-3-1-5(2-4-6)9(11)12/h1,3-7,10-11,14H,8-9,12-13H2,(H,23,28)(H,24,29);1-2,5-6,14H,3-4,7-8H2,(H,15,18);1-4H. The highest BCUT2D eigenvalue weighted by Crippen LogP contribution is 2.33. The third-order valence-corrected chi connectivity index (χ3v) is 10.1. The van der Waals surface area contributed by atoms with E-state index in [-0.39, 0.29) is 35.3 Å². The second kappa shape index (κ2) is 18.4. The summed E-state index contributed by atoms with van der Waals surface area (Å²) in [6, 6.07) is 17.5. The molecule has 2 aromatic carbocycles. The van der Waals surface area contributed by atoms with E-state index in [1.165, 1.54) is 41.6 Å². The minimum atomic E-state index is -0.986. The number of nitro benzene ring substituents is 1. The van der Waals surface area contributed by atoms with Crippen molar-refractivity contribution in [3.8, 4) is 18.1 Å². The average molecular weight is 837 g/mol. The van der Waals surface area contributed by atoms with E-state index < -0.39 is 27.5 Å². The van der Waals surface area contributed by atoms with E-state index in [1.807, 2.05) is 0 Å². The molecule has 2 spiro atoms. The van der Waals surface area contributed by atoms with E-state index in [0.717, 1.165) is 18.0 Å². The van der Waals surface area contributed by atoms with E-state index in [0.29, 0.717) is 61.4 Å². The third kappa shape index (κ3) is 9.47. The van der Waals surface area contributed by atoms with Crippen LogP contribution in [0.4, 0.5) is 41.9 Å². The summed E-state index contributed by atoms with van der Waals surface area (Å²) in [7, 11) is 0. The molecule has 2 aromatic heterocycles. The molecule has 4 saturated heterocycles. The molecule has 308 valence electrons. The quantitative estimate of drug-likeness (QED) is 0.0699. The molecule has 4 aromatic rings. The SMILES string of the molecule is C#Cc1cccc(NC(=O)N2CCC3(CC2)NC(=O)N(c2ccncc2)C3=O)c1.O=C(Cl)Oc1ccc([N+](=O)[O-])cc1.O=C1NC2(CCNCC2)C(=O)N1c1ccncc1. The van der Waals surface area contributed by atoms with Crippen molar-refractivity contribution in [2.45, 2.75) is 36.8 Å². The summed E-state index contributed by atoms with van der Waals surface area (Å²) >= 11 is 4.92.